The maximum absolute atomic E-state index is 13.5. The van der Waals surface area contributed by atoms with E-state index in [1.807, 2.05) is 19.2 Å². The van der Waals surface area contributed by atoms with Crippen molar-refractivity contribution >= 4 is 27.4 Å². The van der Waals surface area contributed by atoms with Crippen LogP contribution in [0.5, 0.6) is 0 Å². The van der Waals surface area contributed by atoms with Gasteiger partial charge in [-0.15, -0.1) is 0 Å². The van der Waals surface area contributed by atoms with Crippen molar-refractivity contribution in [1.82, 2.24) is 19.9 Å². The van der Waals surface area contributed by atoms with Gasteiger partial charge in [0, 0.05) is 28.5 Å². The molecule has 1 aliphatic carbocycles. The number of amides is 1. The van der Waals surface area contributed by atoms with Crippen LogP contribution in [0.3, 0.4) is 0 Å². The van der Waals surface area contributed by atoms with E-state index in [2.05, 4.69) is 39.6 Å². The SMILES string of the molecule is CC1(NC(=O)c2ccc3c(-c4cccc(C5CC5)c4)cn(-c4ncc(F)cn4)c3c2)CCS(O)(O)C1. The number of carbonyl (C=O) groups excluding carboxylic acids is 1. The highest BCUT2D eigenvalue weighted by molar-refractivity contribution is 8.24. The fraction of sp³-hybridized carbons (Fsp3) is 0.296. The zero-order valence-electron chi connectivity index (χ0n) is 19.8. The molecule has 7 nitrogen and oxygen atoms in total. The first-order chi connectivity index (χ1) is 17.2. The lowest BCUT2D eigenvalue weighted by Crippen LogP contribution is -2.46. The van der Waals surface area contributed by atoms with Gasteiger partial charge in [-0.05, 0) is 55.4 Å². The van der Waals surface area contributed by atoms with Gasteiger partial charge in [-0.2, -0.15) is 10.6 Å². The standard InChI is InChI=1S/C27H27FN4O3S/c1-27(9-10-36(34,35)16-27)31-25(33)20-7-8-22-23(19-4-2-3-18(11-19)17-5-6-17)15-32(24(22)12-20)26-29-13-21(28)14-30-26/h2-4,7-8,11-15,17,34-35H,5-6,9-10,16H2,1H3,(H,31,33). The third kappa shape index (κ3) is 4.38. The monoisotopic (exact) mass is 506 g/mol. The maximum Gasteiger partial charge on any atom is 0.251 e. The Hall–Kier alpha value is -3.27. The average Bonchev–Trinajstić information content (AvgIpc) is 3.58. The summed E-state index contributed by atoms with van der Waals surface area (Å²) in [4.78, 5) is 21.5. The normalized spacial score (nSPS) is 22.0. The van der Waals surface area contributed by atoms with Crippen molar-refractivity contribution in [3.63, 3.8) is 0 Å². The molecular formula is C27H27FN4O3S. The zero-order chi connectivity index (χ0) is 25.1. The third-order valence-electron chi connectivity index (χ3n) is 7.08. The summed E-state index contributed by atoms with van der Waals surface area (Å²) in [5.41, 5.74) is 3.84. The van der Waals surface area contributed by atoms with Gasteiger partial charge in [-0.3, -0.25) is 18.5 Å². The number of hydrogen-bond acceptors (Lipinski definition) is 5. The molecule has 2 aliphatic rings. The Morgan fingerprint density at radius 2 is 1.94 bits per heavy atom. The quantitative estimate of drug-likeness (QED) is 0.320. The molecule has 4 aromatic rings. The first-order valence-corrected chi connectivity index (χ1v) is 13.9. The molecule has 2 aromatic carbocycles. The molecule has 186 valence electrons. The topological polar surface area (TPSA) is 100 Å². The molecule has 1 unspecified atom stereocenters. The summed E-state index contributed by atoms with van der Waals surface area (Å²) in [6.45, 7) is 1.84. The van der Waals surface area contributed by atoms with Gasteiger partial charge in [-0.25, -0.2) is 14.4 Å². The van der Waals surface area contributed by atoms with Crippen LogP contribution in [0.15, 0.2) is 61.1 Å². The summed E-state index contributed by atoms with van der Waals surface area (Å²) in [5.74, 6) is 0.543. The smallest absolute Gasteiger partial charge is 0.251 e. The highest BCUT2D eigenvalue weighted by atomic mass is 32.3. The van der Waals surface area contributed by atoms with Gasteiger partial charge in [0.15, 0.2) is 5.82 Å². The molecule has 0 bridgehead atoms. The molecular weight excluding hydrogens is 479 g/mol. The average molecular weight is 507 g/mol. The Labute approximate surface area is 209 Å². The number of hydrogen-bond donors (Lipinski definition) is 3. The minimum atomic E-state index is -2.66. The number of halogens is 1. The third-order valence-corrected chi connectivity index (χ3v) is 9.04. The first kappa shape index (κ1) is 23.1. The molecule has 1 amide bonds. The molecule has 3 N–H and O–H groups in total. The highest BCUT2D eigenvalue weighted by Crippen LogP contribution is 2.50. The molecule has 1 saturated carbocycles. The minimum absolute atomic E-state index is 0.148. The molecule has 36 heavy (non-hydrogen) atoms. The second-order valence-corrected chi connectivity index (χ2v) is 12.5. The Balaban J connectivity index is 1.43. The zero-order valence-corrected chi connectivity index (χ0v) is 20.6. The molecule has 1 saturated heterocycles. The molecule has 2 aromatic heterocycles. The van der Waals surface area contributed by atoms with Crippen molar-refractivity contribution in [2.75, 3.05) is 11.5 Å². The number of nitrogens with one attached hydrogen (secondary N) is 1. The van der Waals surface area contributed by atoms with Crippen molar-refractivity contribution in [2.45, 2.75) is 37.6 Å². The lowest BCUT2D eigenvalue weighted by molar-refractivity contribution is 0.0915. The summed E-state index contributed by atoms with van der Waals surface area (Å²) >= 11 is 0. The fourth-order valence-electron chi connectivity index (χ4n) is 5.06. The first-order valence-electron chi connectivity index (χ1n) is 12.0. The van der Waals surface area contributed by atoms with Crippen LogP contribution in [-0.2, 0) is 0 Å². The largest absolute Gasteiger partial charge is 0.345 e. The predicted molar refractivity (Wildman–Crippen MR) is 139 cm³/mol. The summed E-state index contributed by atoms with van der Waals surface area (Å²) in [6, 6.07) is 14.0. The molecule has 2 fully saturated rings. The van der Waals surface area contributed by atoms with Gasteiger partial charge < -0.3 is 5.32 Å². The molecule has 0 radical (unpaired) electrons. The van der Waals surface area contributed by atoms with E-state index in [1.165, 1.54) is 18.4 Å². The second kappa shape index (κ2) is 8.40. The summed E-state index contributed by atoms with van der Waals surface area (Å²) in [6.07, 6.45) is 7.10. The lowest BCUT2D eigenvalue weighted by atomic mass is 9.99. The fourth-order valence-corrected chi connectivity index (χ4v) is 7.22. The molecule has 6 rings (SSSR count). The van der Waals surface area contributed by atoms with Crippen LogP contribution in [0.1, 0.15) is 48.0 Å². The lowest BCUT2D eigenvalue weighted by Gasteiger charge is -2.30. The van der Waals surface area contributed by atoms with E-state index in [0.717, 1.165) is 34.4 Å². The van der Waals surface area contributed by atoms with Crippen molar-refractivity contribution in [2.24, 2.45) is 0 Å². The number of carbonyl (C=O) groups is 1. The molecule has 1 atom stereocenters. The van der Waals surface area contributed by atoms with E-state index < -0.39 is 21.9 Å². The van der Waals surface area contributed by atoms with E-state index in [9.17, 15) is 18.3 Å². The van der Waals surface area contributed by atoms with Crippen molar-refractivity contribution in [3.05, 3.63) is 78.0 Å². The van der Waals surface area contributed by atoms with E-state index >= 15 is 0 Å². The Kier molecular flexibility index (Phi) is 5.40. The van der Waals surface area contributed by atoms with Crippen LogP contribution in [0.25, 0.3) is 28.0 Å². The van der Waals surface area contributed by atoms with Crippen LogP contribution in [0.4, 0.5) is 4.39 Å². The molecule has 0 spiro atoms. The van der Waals surface area contributed by atoms with Gasteiger partial charge in [0.25, 0.3) is 5.91 Å². The Morgan fingerprint density at radius 1 is 1.17 bits per heavy atom. The van der Waals surface area contributed by atoms with Gasteiger partial charge in [0.05, 0.1) is 29.2 Å². The van der Waals surface area contributed by atoms with Crippen LogP contribution < -0.4 is 5.32 Å². The number of benzene rings is 2. The van der Waals surface area contributed by atoms with Crippen LogP contribution >= 0.6 is 10.6 Å². The van der Waals surface area contributed by atoms with Crippen molar-refractivity contribution < 1.29 is 18.3 Å². The number of aromatic nitrogens is 3. The summed E-state index contributed by atoms with van der Waals surface area (Å²) < 4.78 is 35.4. The molecule has 1 aliphatic heterocycles. The highest BCUT2D eigenvalue weighted by Gasteiger charge is 2.39. The summed E-state index contributed by atoms with van der Waals surface area (Å²) in [5, 5.41) is 3.92. The van der Waals surface area contributed by atoms with E-state index in [-0.39, 0.29) is 17.4 Å². The van der Waals surface area contributed by atoms with Crippen molar-refractivity contribution in [3.8, 4) is 17.1 Å². The Morgan fingerprint density at radius 3 is 2.64 bits per heavy atom. The number of fused-ring (bicyclic) bond motifs is 1. The van der Waals surface area contributed by atoms with Gasteiger partial charge in [0.2, 0.25) is 5.95 Å². The second-order valence-electron chi connectivity index (χ2n) is 10.2. The van der Waals surface area contributed by atoms with E-state index in [0.29, 0.717) is 23.9 Å². The van der Waals surface area contributed by atoms with Gasteiger partial charge in [0.1, 0.15) is 0 Å². The van der Waals surface area contributed by atoms with Crippen LogP contribution in [0.2, 0.25) is 0 Å². The van der Waals surface area contributed by atoms with Gasteiger partial charge in [-0.1, -0.05) is 30.3 Å². The van der Waals surface area contributed by atoms with Crippen molar-refractivity contribution in [1.29, 1.82) is 0 Å². The van der Waals surface area contributed by atoms with Gasteiger partial charge >= 0.3 is 0 Å². The maximum atomic E-state index is 13.5. The van der Waals surface area contributed by atoms with E-state index in [1.54, 1.807) is 16.7 Å². The predicted octanol–water partition coefficient (Wildman–Crippen LogP) is 5.75. The summed E-state index contributed by atoms with van der Waals surface area (Å²) in [7, 11) is -2.66. The Bertz CT molecular complexity index is 1480. The number of nitrogens with zero attached hydrogens (tertiary/aromatic N) is 3. The number of rotatable bonds is 5. The van der Waals surface area contributed by atoms with Crippen LogP contribution in [-0.4, -0.2) is 46.6 Å². The molecule has 9 heteroatoms. The van der Waals surface area contributed by atoms with E-state index in [4.69, 9.17) is 0 Å². The molecule has 3 heterocycles. The van der Waals surface area contributed by atoms with Crippen LogP contribution in [0, 0.1) is 5.82 Å². The minimum Gasteiger partial charge on any atom is -0.345 e.